The molecule has 0 radical (unpaired) electrons. The number of nitrogens with one attached hydrogen (secondary N) is 1. The maximum Gasteiger partial charge on any atom is 0.179 e. The van der Waals surface area contributed by atoms with Gasteiger partial charge in [-0.25, -0.2) is 0 Å². The number of nitrogens with two attached hydrogens (primary N) is 1. The van der Waals surface area contributed by atoms with E-state index in [1.54, 1.807) is 0 Å². The van der Waals surface area contributed by atoms with E-state index >= 15 is 0 Å². The fraction of sp³-hybridized carbons (Fsp3) is 0.600. The van der Waals surface area contributed by atoms with Gasteiger partial charge in [-0.2, -0.15) is 0 Å². The van der Waals surface area contributed by atoms with Crippen molar-refractivity contribution in [2.45, 2.75) is 25.0 Å². The van der Waals surface area contributed by atoms with E-state index < -0.39 is 0 Å². The number of hydrogen-bond donors (Lipinski definition) is 2. The molecule has 0 saturated carbocycles. The minimum absolute atomic E-state index is 0.0301. The van der Waals surface area contributed by atoms with Gasteiger partial charge in [-0.15, -0.1) is 0 Å². The van der Waals surface area contributed by atoms with Crippen molar-refractivity contribution in [3.63, 3.8) is 0 Å². The molecule has 1 aromatic carbocycles. The third-order valence-electron chi connectivity index (χ3n) is 3.87. The minimum Gasteiger partial charge on any atom is -0.486 e. The molecule has 0 aromatic heterocycles. The summed E-state index contributed by atoms with van der Waals surface area (Å²) in [6, 6.07) is 3.89. The van der Waals surface area contributed by atoms with Crippen LogP contribution in [-0.2, 0) is 4.74 Å². The van der Waals surface area contributed by atoms with Gasteiger partial charge in [0.1, 0.15) is 13.2 Å². The summed E-state index contributed by atoms with van der Waals surface area (Å²) in [6.45, 7) is 3.22. The van der Waals surface area contributed by atoms with Crippen molar-refractivity contribution in [2.75, 3.05) is 32.9 Å². The SMILES string of the molecule is NCC(NCC1CCCO1)c1cc(Cl)c2c(c1)OCCO2. The summed E-state index contributed by atoms with van der Waals surface area (Å²) >= 11 is 6.28. The minimum atomic E-state index is 0.0301. The van der Waals surface area contributed by atoms with Crippen molar-refractivity contribution in [1.29, 1.82) is 0 Å². The Kier molecular flexibility index (Phi) is 4.85. The zero-order valence-electron chi connectivity index (χ0n) is 11.9. The Morgan fingerprint density at radius 1 is 1.29 bits per heavy atom. The van der Waals surface area contributed by atoms with Crippen LogP contribution in [0.15, 0.2) is 12.1 Å². The number of halogens is 1. The molecule has 1 saturated heterocycles. The van der Waals surface area contributed by atoms with Crippen LogP contribution in [0.3, 0.4) is 0 Å². The highest BCUT2D eigenvalue weighted by atomic mass is 35.5. The molecule has 0 aliphatic carbocycles. The van der Waals surface area contributed by atoms with Gasteiger partial charge in [0.05, 0.1) is 11.1 Å². The van der Waals surface area contributed by atoms with Crippen molar-refractivity contribution >= 4 is 11.6 Å². The van der Waals surface area contributed by atoms with Crippen molar-refractivity contribution in [3.05, 3.63) is 22.7 Å². The lowest BCUT2D eigenvalue weighted by Gasteiger charge is -2.24. The van der Waals surface area contributed by atoms with Crippen LogP contribution < -0.4 is 20.5 Å². The van der Waals surface area contributed by atoms with Gasteiger partial charge in [0.25, 0.3) is 0 Å². The lowest BCUT2D eigenvalue weighted by molar-refractivity contribution is 0.107. The van der Waals surface area contributed by atoms with E-state index in [0.717, 1.165) is 31.6 Å². The largest absolute Gasteiger partial charge is 0.486 e. The second-order valence-corrected chi connectivity index (χ2v) is 5.77. The van der Waals surface area contributed by atoms with Gasteiger partial charge in [-0.05, 0) is 30.5 Å². The third-order valence-corrected chi connectivity index (χ3v) is 4.15. The van der Waals surface area contributed by atoms with Gasteiger partial charge >= 0.3 is 0 Å². The number of rotatable bonds is 5. The smallest absolute Gasteiger partial charge is 0.179 e. The Morgan fingerprint density at radius 2 is 2.14 bits per heavy atom. The normalized spacial score (nSPS) is 22.3. The van der Waals surface area contributed by atoms with Gasteiger partial charge in [0.15, 0.2) is 11.5 Å². The van der Waals surface area contributed by atoms with Crippen LogP contribution in [0, 0.1) is 0 Å². The van der Waals surface area contributed by atoms with E-state index in [4.69, 9.17) is 31.5 Å². The predicted molar refractivity (Wildman–Crippen MR) is 81.2 cm³/mol. The average molecular weight is 313 g/mol. The number of benzene rings is 1. The molecule has 0 amide bonds. The lowest BCUT2D eigenvalue weighted by Crippen LogP contribution is -2.34. The summed E-state index contributed by atoms with van der Waals surface area (Å²) in [7, 11) is 0. The fourth-order valence-corrected chi connectivity index (χ4v) is 3.02. The molecular weight excluding hydrogens is 292 g/mol. The Bertz CT molecular complexity index is 492. The highest BCUT2D eigenvalue weighted by Crippen LogP contribution is 2.39. The Labute approximate surface area is 129 Å². The molecule has 2 unspecified atom stereocenters. The second kappa shape index (κ2) is 6.83. The van der Waals surface area contributed by atoms with Crippen LogP contribution in [0.2, 0.25) is 5.02 Å². The predicted octanol–water partition coefficient (Wildman–Crippen LogP) is 1.88. The maximum absolute atomic E-state index is 6.28. The van der Waals surface area contributed by atoms with E-state index in [0.29, 0.717) is 36.3 Å². The van der Waals surface area contributed by atoms with Crippen molar-refractivity contribution in [3.8, 4) is 11.5 Å². The summed E-state index contributed by atoms with van der Waals surface area (Å²) in [5.41, 5.74) is 6.92. The topological polar surface area (TPSA) is 65.7 Å². The maximum atomic E-state index is 6.28. The van der Waals surface area contributed by atoms with Crippen LogP contribution in [-0.4, -0.2) is 39.0 Å². The average Bonchev–Trinajstić information content (AvgIpc) is 3.01. The van der Waals surface area contributed by atoms with Gasteiger partial charge in [0.2, 0.25) is 0 Å². The first-order chi connectivity index (χ1) is 10.3. The zero-order chi connectivity index (χ0) is 14.7. The Morgan fingerprint density at radius 3 is 2.90 bits per heavy atom. The molecule has 2 aliphatic heterocycles. The second-order valence-electron chi connectivity index (χ2n) is 5.36. The van der Waals surface area contributed by atoms with Crippen LogP contribution in [0.4, 0.5) is 0 Å². The third kappa shape index (κ3) is 3.43. The lowest BCUT2D eigenvalue weighted by atomic mass is 10.1. The van der Waals surface area contributed by atoms with E-state index in [-0.39, 0.29) is 12.1 Å². The highest BCUT2D eigenvalue weighted by molar-refractivity contribution is 6.32. The van der Waals surface area contributed by atoms with E-state index in [1.807, 2.05) is 12.1 Å². The number of hydrogen-bond acceptors (Lipinski definition) is 5. The summed E-state index contributed by atoms with van der Waals surface area (Å²) in [5, 5.41) is 4.03. The highest BCUT2D eigenvalue weighted by Gasteiger charge is 2.21. The first-order valence-electron chi connectivity index (χ1n) is 7.42. The molecule has 2 atom stereocenters. The molecule has 3 N–H and O–H groups in total. The summed E-state index contributed by atoms with van der Waals surface area (Å²) < 4.78 is 16.8. The molecule has 21 heavy (non-hydrogen) atoms. The number of fused-ring (bicyclic) bond motifs is 1. The van der Waals surface area contributed by atoms with E-state index in [2.05, 4.69) is 5.32 Å². The standard InChI is InChI=1S/C15H21ClN2O3/c16-12-6-10(7-14-15(12)21-5-4-20-14)13(8-17)18-9-11-2-1-3-19-11/h6-7,11,13,18H,1-5,8-9,17H2. The first-order valence-corrected chi connectivity index (χ1v) is 7.80. The molecule has 3 rings (SSSR count). The van der Waals surface area contributed by atoms with Crippen molar-refractivity contribution in [2.24, 2.45) is 5.73 Å². The van der Waals surface area contributed by atoms with Gasteiger partial charge in [-0.3, -0.25) is 0 Å². The van der Waals surface area contributed by atoms with E-state index in [9.17, 15) is 0 Å². The monoisotopic (exact) mass is 312 g/mol. The fourth-order valence-electron chi connectivity index (χ4n) is 2.75. The Balaban J connectivity index is 1.72. The summed E-state index contributed by atoms with van der Waals surface area (Å²) in [6.07, 6.45) is 2.52. The quantitative estimate of drug-likeness (QED) is 0.869. The molecule has 1 fully saturated rings. The van der Waals surface area contributed by atoms with Crippen LogP contribution in [0.1, 0.15) is 24.4 Å². The number of ether oxygens (including phenoxy) is 3. The van der Waals surface area contributed by atoms with Crippen LogP contribution in [0.5, 0.6) is 11.5 Å². The zero-order valence-corrected chi connectivity index (χ0v) is 12.7. The van der Waals surface area contributed by atoms with Crippen LogP contribution >= 0.6 is 11.6 Å². The molecule has 0 spiro atoms. The van der Waals surface area contributed by atoms with Gasteiger partial charge in [-0.1, -0.05) is 11.6 Å². The van der Waals surface area contributed by atoms with Crippen molar-refractivity contribution < 1.29 is 14.2 Å². The van der Waals surface area contributed by atoms with Gasteiger partial charge in [0, 0.05) is 25.7 Å². The summed E-state index contributed by atoms with van der Waals surface area (Å²) in [4.78, 5) is 0. The Hall–Kier alpha value is -1.01. The summed E-state index contributed by atoms with van der Waals surface area (Å²) in [5.74, 6) is 1.32. The molecule has 0 bridgehead atoms. The molecule has 2 heterocycles. The molecule has 1 aromatic rings. The first kappa shape index (κ1) is 14.9. The molecular formula is C15H21ClN2O3. The molecule has 116 valence electrons. The molecule has 2 aliphatic rings. The van der Waals surface area contributed by atoms with Crippen molar-refractivity contribution in [1.82, 2.24) is 5.32 Å². The van der Waals surface area contributed by atoms with Gasteiger partial charge < -0.3 is 25.3 Å². The molecule has 5 nitrogen and oxygen atoms in total. The van der Waals surface area contributed by atoms with E-state index in [1.165, 1.54) is 0 Å². The molecule has 6 heteroatoms. The van der Waals surface area contributed by atoms with Crippen LogP contribution in [0.25, 0.3) is 0 Å².